The van der Waals surface area contributed by atoms with Gasteiger partial charge in [0.2, 0.25) is 5.91 Å². The summed E-state index contributed by atoms with van der Waals surface area (Å²) in [6, 6.07) is 5.50. The quantitative estimate of drug-likeness (QED) is 0.838. The number of hydrogen-bond donors (Lipinski definition) is 2. The monoisotopic (exact) mass is 332 g/mol. The minimum absolute atomic E-state index is 0.00387. The van der Waals surface area contributed by atoms with Gasteiger partial charge in [-0.3, -0.25) is 4.79 Å². The lowest BCUT2D eigenvalue weighted by molar-refractivity contribution is -0.117. The Morgan fingerprint density at radius 3 is 2.62 bits per heavy atom. The fourth-order valence-corrected chi connectivity index (χ4v) is 4.02. The Balaban J connectivity index is 1.35. The van der Waals surface area contributed by atoms with Gasteiger partial charge in [0, 0.05) is 24.6 Å². The first-order valence-corrected chi connectivity index (χ1v) is 9.14. The van der Waals surface area contributed by atoms with E-state index in [0.29, 0.717) is 48.4 Å². The molecule has 1 aromatic carbocycles. The zero-order valence-electron chi connectivity index (χ0n) is 13.9. The summed E-state index contributed by atoms with van der Waals surface area (Å²) in [5, 5.41) is 6.53. The molecule has 2 atom stereocenters. The number of halogens is 1. The van der Waals surface area contributed by atoms with Gasteiger partial charge in [0.1, 0.15) is 11.6 Å². The van der Waals surface area contributed by atoms with Crippen LogP contribution in [0.25, 0.3) is 0 Å². The average molecular weight is 332 g/mol. The van der Waals surface area contributed by atoms with Crippen molar-refractivity contribution >= 4 is 11.6 Å². The maximum atomic E-state index is 13.5. The molecule has 0 spiro atoms. The summed E-state index contributed by atoms with van der Waals surface area (Å²) < 4.78 is 19.2. The molecule has 2 saturated heterocycles. The lowest BCUT2D eigenvalue weighted by Gasteiger charge is -2.28. The molecule has 130 valence electrons. The van der Waals surface area contributed by atoms with Crippen LogP contribution in [0.3, 0.4) is 0 Å². The maximum Gasteiger partial charge on any atom is 0.224 e. The summed E-state index contributed by atoms with van der Waals surface area (Å²) in [4.78, 5) is 12.4. The third kappa shape index (κ3) is 3.89. The molecule has 1 saturated carbocycles. The molecule has 2 heterocycles. The van der Waals surface area contributed by atoms with Crippen molar-refractivity contribution in [2.45, 2.75) is 57.0 Å². The molecule has 3 fully saturated rings. The summed E-state index contributed by atoms with van der Waals surface area (Å²) in [5.74, 6) is 1.14. The van der Waals surface area contributed by atoms with Crippen LogP contribution in [0.5, 0.6) is 5.75 Å². The Bertz CT molecular complexity index is 605. The van der Waals surface area contributed by atoms with Crippen molar-refractivity contribution in [1.82, 2.24) is 5.32 Å². The van der Waals surface area contributed by atoms with E-state index in [2.05, 4.69) is 10.6 Å². The SMILES string of the molecule is O=C(CC1CC2CCC(C1)N2)Nc1ccc(F)cc1OCC1CC1. The molecule has 24 heavy (non-hydrogen) atoms. The lowest BCUT2D eigenvalue weighted by Crippen LogP contribution is -2.39. The van der Waals surface area contributed by atoms with Crippen molar-refractivity contribution < 1.29 is 13.9 Å². The van der Waals surface area contributed by atoms with E-state index in [1.54, 1.807) is 6.07 Å². The number of anilines is 1. The van der Waals surface area contributed by atoms with Gasteiger partial charge in [0.15, 0.2) is 0 Å². The molecular formula is C19H25FN2O2. The third-order valence-electron chi connectivity index (χ3n) is 5.43. The van der Waals surface area contributed by atoms with Crippen LogP contribution in [0, 0.1) is 17.7 Å². The van der Waals surface area contributed by atoms with Gasteiger partial charge in [-0.25, -0.2) is 4.39 Å². The van der Waals surface area contributed by atoms with Gasteiger partial charge in [0.25, 0.3) is 0 Å². The maximum absolute atomic E-state index is 13.5. The van der Waals surface area contributed by atoms with Crippen LogP contribution in [-0.2, 0) is 4.79 Å². The van der Waals surface area contributed by atoms with E-state index in [1.165, 1.54) is 37.8 Å². The minimum Gasteiger partial charge on any atom is -0.491 e. The van der Waals surface area contributed by atoms with E-state index in [-0.39, 0.29) is 11.7 Å². The molecule has 2 bridgehead atoms. The molecule has 1 amide bonds. The van der Waals surface area contributed by atoms with E-state index >= 15 is 0 Å². The Kier molecular flexibility index (Phi) is 4.44. The molecule has 3 aliphatic rings. The van der Waals surface area contributed by atoms with Gasteiger partial charge in [0.05, 0.1) is 12.3 Å². The smallest absolute Gasteiger partial charge is 0.224 e. The number of piperidine rings is 1. The Hall–Kier alpha value is -1.62. The summed E-state index contributed by atoms with van der Waals surface area (Å²) >= 11 is 0. The first-order valence-electron chi connectivity index (χ1n) is 9.14. The second kappa shape index (κ2) is 6.71. The van der Waals surface area contributed by atoms with Crippen LogP contribution in [0.4, 0.5) is 10.1 Å². The van der Waals surface area contributed by atoms with Crippen LogP contribution in [0.2, 0.25) is 0 Å². The zero-order chi connectivity index (χ0) is 16.5. The number of ether oxygens (including phenoxy) is 1. The molecule has 5 heteroatoms. The van der Waals surface area contributed by atoms with E-state index in [4.69, 9.17) is 4.74 Å². The van der Waals surface area contributed by atoms with Crippen LogP contribution >= 0.6 is 0 Å². The normalized spacial score (nSPS) is 28.6. The number of benzene rings is 1. The van der Waals surface area contributed by atoms with Crippen molar-refractivity contribution in [3.05, 3.63) is 24.0 Å². The molecule has 4 nitrogen and oxygen atoms in total. The summed E-state index contributed by atoms with van der Waals surface area (Å²) in [5.41, 5.74) is 0.582. The molecular weight excluding hydrogens is 307 g/mol. The fraction of sp³-hybridized carbons (Fsp3) is 0.632. The van der Waals surface area contributed by atoms with Crippen LogP contribution in [0.1, 0.15) is 44.9 Å². The van der Waals surface area contributed by atoms with Crippen molar-refractivity contribution in [1.29, 1.82) is 0 Å². The highest BCUT2D eigenvalue weighted by molar-refractivity contribution is 5.92. The number of carbonyl (C=O) groups is 1. The van der Waals surface area contributed by atoms with Gasteiger partial charge >= 0.3 is 0 Å². The van der Waals surface area contributed by atoms with Gasteiger partial charge in [-0.1, -0.05) is 0 Å². The van der Waals surface area contributed by atoms with Crippen molar-refractivity contribution in [3.8, 4) is 5.75 Å². The van der Waals surface area contributed by atoms with Gasteiger partial charge in [-0.15, -0.1) is 0 Å². The highest BCUT2D eigenvalue weighted by Crippen LogP contribution is 2.34. The highest BCUT2D eigenvalue weighted by Gasteiger charge is 2.34. The number of carbonyl (C=O) groups excluding carboxylic acids is 1. The van der Waals surface area contributed by atoms with E-state index in [1.807, 2.05) is 0 Å². The predicted molar refractivity (Wildman–Crippen MR) is 90.5 cm³/mol. The largest absolute Gasteiger partial charge is 0.491 e. The second-order valence-corrected chi connectivity index (χ2v) is 7.62. The molecule has 2 unspecified atom stereocenters. The second-order valence-electron chi connectivity index (χ2n) is 7.62. The minimum atomic E-state index is -0.339. The van der Waals surface area contributed by atoms with E-state index < -0.39 is 0 Å². The summed E-state index contributed by atoms with van der Waals surface area (Å²) in [7, 11) is 0. The Labute approximate surface area is 142 Å². The zero-order valence-corrected chi connectivity index (χ0v) is 13.9. The van der Waals surface area contributed by atoms with Crippen LogP contribution < -0.4 is 15.4 Å². The Morgan fingerprint density at radius 2 is 1.92 bits per heavy atom. The van der Waals surface area contributed by atoms with E-state index in [0.717, 1.165) is 12.8 Å². The fourth-order valence-electron chi connectivity index (χ4n) is 4.02. The highest BCUT2D eigenvalue weighted by atomic mass is 19.1. The molecule has 4 rings (SSSR count). The number of rotatable bonds is 6. The van der Waals surface area contributed by atoms with Crippen molar-refractivity contribution in [2.24, 2.45) is 11.8 Å². The molecule has 1 aliphatic carbocycles. The number of nitrogens with one attached hydrogen (secondary N) is 2. The number of amides is 1. The van der Waals surface area contributed by atoms with Crippen molar-refractivity contribution in [2.75, 3.05) is 11.9 Å². The molecule has 2 aliphatic heterocycles. The first kappa shape index (κ1) is 15.9. The van der Waals surface area contributed by atoms with Gasteiger partial charge < -0.3 is 15.4 Å². The predicted octanol–water partition coefficient (Wildman–Crippen LogP) is 3.47. The molecule has 0 aromatic heterocycles. The third-order valence-corrected chi connectivity index (χ3v) is 5.43. The number of hydrogen-bond acceptors (Lipinski definition) is 3. The summed E-state index contributed by atoms with van der Waals surface area (Å²) in [6.45, 7) is 0.601. The first-order chi connectivity index (χ1) is 11.7. The Morgan fingerprint density at radius 1 is 1.17 bits per heavy atom. The lowest BCUT2D eigenvalue weighted by atomic mass is 9.89. The van der Waals surface area contributed by atoms with Crippen LogP contribution in [0.15, 0.2) is 18.2 Å². The molecule has 0 radical (unpaired) electrons. The van der Waals surface area contributed by atoms with Crippen molar-refractivity contribution in [3.63, 3.8) is 0 Å². The molecule has 2 N–H and O–H groups in total. The summed E-state index contributed by atoms with van der Waals surface area (Å²) in [6.07, 6.45) is 7.52. The molecule has 1 aromatic rings. The van der Waals surface area contributed by atoms with Crippen LogP contribution in [-0.4, -0.2) is 24.6 Å². The van der Waals surface area contributed by atoms with Gasteiger partial charge in [-0.05, 0) is 62.5 Å². The topological polar surface area (TPSA) is 50.4 Å². The number of fused-ring (bicyclic) bond motifs is 2. The van der Waals surface area contributed by atoms with Gasteiger partial charge in [-0.2, -0.15) is 0 Å². The standard InChI is InChI=1S/C19H25FN2O2/c20-14-3-6-17(18(10-14)24-11-12-1-2-12)22-19(23)9-13-7-15-4-5-16(8-13)21-15/h3,6,10,12-13,15-16,21H,1-2,4-5,7-9,11H2,(H,22,23). The van der Waals surface area contributed by atoms with E-state index in [9.17, 15) is 9.18 Å². The average Bonchev–Trinajstić information content (AvgIpc) is 3.31.